The standard InChI is InChI=1S/C16H22N2O4S/c1-23(20,21)18-9-6-12(7-10-18)16(19)17-14-8-11-22-15-5-3-2-4-13(14)15/h2-5,12,14H,6-11H2,1H3,(H,17,19). The summed E-state index contributed by atoms with van der Waals surface area (Å²) in [5, 5.41) is 3.11. The number of amides is 1. The number of hydrogen-bond donors (Lipinski definition) is 1. The Balaban J connectivity index is 1.61. The molecule has 1 unspecified atom stereocenters. The smallest absolute Gasteiger partial charge is 0.223 e. The second kappa shape index (κ2) is 6.49. The number of sulfonamides is 1. The number of para-hydroxylation sites is 1. The average Bonchev–Trinajstić information content (AvgIpc) is 2.54. The van der Waals surface area contributed by atoms with Gasteiger partial charge in [0, 0.05) is 31.0 Å². The molecule has 23 heavy (non-hydrogen) atoms. The van der Waals surface area contributed by atoms with Crippen LogP contribution in [0.1, 0.15) is 30.9 Å². The van der Waals surface area contributed by atoms with E-state index in [0.29, 0.717) is 32.5 Å². The molecule has 1 aromatic carbocycles. The number of rotatable bonds is 3. The second-order valence-corrected chi connectivity index (χ2v) is 8.15. The van der Waals surface area contributed by atoms with Crippen LogP contribution in [0.2, 0.25) is 0 Å². The summed E-state index contributed by atoms with van der Waals surface area (Å²) in [5.41, 5.74) is 1.01. The Kier molecular flexibility index (Phi) is 4.59. The highest BCUT2D eigenvalue weighted by Gasteiger charge is 2.31. The number of nitrogens with zero attached hydrogens (tertiary/aromatic N) is 1. The van der Waals surface area contributed by atoms with Gasteiger partial charge in [0.25, 0.3) is 0 Å². The minimum Gasteiger partial charge on any atom is -0.493 e. The van der Waals surface area contributed by atoms with E-state index >= 15 is 0 Å². The van der Waals surface area contributed by atoms with E-state index in [2.05, 4.69) is 5.32 Å². The van der Waals surface area contributed by atoms with Gasteiger partial charge in [-0.15, -0.1) is 0 Å². The van der Waals surface area contributed by atoms with Crippen molar-refractivity contribution in [2.24, 2.45) is 5.92 Å². The van der Waals surface area contributed by atoms with Gasteiger partial charge in [-0.3, -0.25) is 4.79 Å². The average molecular weight is 338 g/mol. The third kappa shape index (κ3) is 3.67. The van der Waals surface area contributed by atoms with Gasteiger partial charge in [0.1, 0.15) is 5.75 Å². The van der Waals surface area contributed by atoms with Crippen LogP contribution in [0.25, 0.3) is 0 Å². The summed E-state index contributed by atoms with van der Waals surface area (Å²) in [5.74, 6) is 0.721. The third-order valence-corrected chi connectivity index (χ3v) is 5.87. The summed E-state index contributed by atoms with van der Waals surface area (Å²) in [6.45, 7) is 1.43. The molecule has 0 aromatic heterocycles. The highest BCUT2D eigenvalue weighted by molar-refractivity contribution is 7.88. The zero-order chi connectivity index (χ0) is 16.4. The molecule has 1 fully saturated rings. The first-order valence-electron chi connectivity index (χ1n) is 7.92. The minimum absolute atomic E-state index is 0.0138. The third-order valence-electron chi connectivity index (χ3n) is 4.57. The lowest BCUT2D eigenvalue weighted by molar-refractivity contribution is -0.127. The van der Waals surface area contributed by atoms with E-state index in [1.807, 2.05) is 24.3 Å². The molecule has 126 valence electrons. The monoisotopic (exact) mass is 338 g/mol. The van der Waals surface area contributed by atoms with Gasteiger partial charge in [-0.05, 0) is 18.9 Å². The molecule has 0 aliphatic carbocycles. The second-order valence-electron chi connectivity index (χ2n) is 6.17. The first-order valence-corrected chi connectivity index (χ1v) is 9.77. The van der Waals surface area contributed by atoms with E-state index in [1.165, 1.54) is 10.6 Å². The fraction of sp³-hybridized carbons (Fsp3) is 0.562. The number of fused-ring (bicyclic) bond motifs is 1. The lowest BCUT2D eigenvalue weighted by atomic mass is 9.95. The molecule has 0 bridgehead atoms. The lowest BCUT2D eigenvalue weighted by Crippen LogP contribution is -2.43. The maximum absolute atomic E-state index is 12.5. The summed E-state index contributed by atoms with van der Waals surface area (Å²) in [7, 11) is -3.16. The van der Waals surface area contributed by atoms with Crippen molar-refractivity contribution >= 4 is 15.9 Å². The van der Waals surface area contributed by atoms with Crippen LogP contribution in [-0.4, -0.2) is 44.6 Å². The SMILES string of the molecule is CS(=O)(=O)N1CCC(C(=O)NC2CCOc3ccccc32)CC1. The number of benzene rings is 1. The molecule has 7 heteroatoms. The van der Waals surface area contributed by atoms with Crippen LogP contribution >= 0.6 is 0 Å². The van der Waals surface area contributed by atoms with Gasteiger partial charge in [0.2, 0.25) is 15.9 Å². The van der Waals surface area contributed by atoms with Crippen LogP contribution in [0.3, 0.4) is 0 Å². The topological polar surface area (TPSA) is 75.7 Å². The molecule has 2 aliphatic heterocycles. The van der Waals surface area contributed by atoms with Crippen LogP contribution in [-0.2, 0) is 14.8 Å². The summed E-state index contributed by atoms with van der Waals surface area (Å²) < 4.78 is 30.1. The number of piperidine rings is 1. The lowest BCUT2D eigenvalue weighted by Gasteiger charge is -2.32. The van der Waals surface area contributed by atoms with Crippen LogP contribution in [0.4, 0.5) is 0 Å². The van der Waals surface area contributed by atoms with E-state index < -0.39 is 10.0 Å². The van der Waals surface area contributed by atoms with E-state index in [-0.39, 0.29) is 17.9 Å². The van der Waals surface area contributed by atoms with Crippen molar-refractivity contribution in [1.29, 1.82) is 0 Å². The first kappa shape index (κ1) is 16.3. The Morgan fingerprint density at radius 1 is 1.22 bits per heavy atom. The number of hydrogen-bond acceptors (Lipinski definition) is 4. The molecule has 1 amide bonds. The van der Waals surface area contributed by atoms with Crippen molar-refractivity contribution in [1.82, 2.24) is 9.62 Å². The molecule has 6 nitrogen and oxygen atoms in total. The fourth-order valence-electron chi connectivity index (χ4n) is 3.23. The van der Waals surface area contributed by atoms with Crippen LogP contribution in [0, 0.1) is 5.92 Å². The first-order chi connectivity index (χ1) is 10.9. The molecule has 2 aliphatic rings. The van der Waals surface area contributed by atoms with Gasteiger partial charge >= 0.3 is 0 Å². The van der Waals surface area contributed by atoms with Crippen LogP contribution in [0.5, 0.6) is 5.75 Å². The zero-order valence-electron chi connectivity index (χ0n) is 13.2. The summed E-state index contributed by atoms with van der Waals surface area (Å²) in [4.78, 5) is 12.5. The number of carbonyl (C=O) groups is 1. The quantitative estimate of drug-likeness (QED) is 0.901. The van der Waals surface area contributed by atoms with E-state index in [1.54, 1.807) is 0 Å². The van der Waals surface area contributed by atoms with Gasteiger partial charge in [-0.2, -0.15) is 0 Å². The summed E-state index contributed by atoms with van der Waals surface area (Å²) in [6.07, 6.45) is 3.12. The maximum atomic E-state index is 12.5. The highest BCUT2D eigenvalue weighted by Crippen LogP contribution is 2.32. The number of carbonyl (C=O) groups excluding carboxylic acids is 1. The van der Waals surface area contributed by atoms with E-state index in [0.717, 1.165) is 17.7 Å². The van der Waals surface area contributed by atoms with Gasteiger partial charge in [-0.1, -0.05) is 18.2 Å². The zero-order valence-corrected chi connectivity index (χ0v) is 14.0. The van der Waals surface area contributed by atoms with Gasteiger partial charge in [0.15, 0.2) is 0 Å². The Hall–Kier alpha value is -1.60. The van der Waals surface area contributed by atoms with Crippen molar-refractivity contribution in [2.75, 3.05) is 26.0 Å². The molecule has 1 N–H and O–H groups in total. The predicted molar refractivity (Wildman–Crippen MR) is 86.6 cm³/mol. The molecular formula is C16H22N2O4S. The molecule has 1 saturated heterocycles. The Morgan fingerprint density at radius 2 is 1.91 bits per heavy atom. The molecular weight excluding hydrogens is 316 g/mol. The number of nitrogens with one attached hydrogen (secondary N) is 1. The Bertz CT molecular complexity index is 681. The van der Waals surface area contributed by atoms with Gasteiger partial charge in [0.05, 0.1) is 18.9 Å². The highest BCUT2D eigenvalue weighted by atomic mass is 32.2. The van der Waals surface area contributed by atoms with Crippen molar-refractivity contribution < 1.29 is 17.9 Å². The molecule has 1 aromatic rings. The fourth-order valence-corrected chi connectivity index (χ4v) is 4.11. The molecule has 3 rings (SSSR count). The van der Waals surface area contributed by atoms with Crippen molar-refractivity contribution in [3.8, 4) is 5.75 Å². The van der Waals surface area contributed by atoms with Crippen molar-refractivity contribution in [3.05, 3.63) is 29.8 Å². The largest absolute Gasteiger partial charge is 0.493 e. The molecule has 0 radical (unpaired) electrons. The van der Waals surface area contributed by atoms with E-state index in [9.17, 15) is 13.2 Å². The Morgan fingerprint density at radius 3 is 2.61 bits per heavy atom. The molecule has 1 atom stereocenters. The van der Waals surface area contributed by atoms with Crippen LogP contribution < -0.4 is 10.1 Å². The normalized spacial score (nSPS) is 22.9. The summed E-state index contributed by atoms with van der Waals surface area (Å²) >= 11 is 0. The maximum Gasteiger partial charge on any atom is 0.223 e. The molecule has 0 saturated carbocycles. The molecule has 0 spiro atoms. The summed E-state index contributed by atoms with van der Waals surface area (Å²) in [6, 6.07) is 7.73. The Labute approximate surface area is 136 Å². The van der Waals surface area contributed by atoms with E-state index in [4.69, 9.17) is 4.74 Å². The van der Waals surface area contributed by atoms with Crippen LogP contribution in [0.15, 0.2) is 24.3 Å². The van der Waals surface area contributed by atoms with Crippen molar-refractivity contribution in [3.63, 3.8) is 0 Å². The van der Waals surface area contributed by atoms with Gasteiger partial charge in [-0.25, -0.2) is 12.7 Å². The number of ether oxygens (including phenoxy) is 1. The minimum atomic E-state index is -3.16. The molecule has 2 heterocycles. The van der Waals surface area contributed by atoms with Crippen molar-refractivity contribution in [2.45, 2.75) is 25.3 Å². The predicted octanol–water partition coefficient (Wildman–Crippen LogP) is 1.30. The van der Waals surface area contributed by atoms with Gasteiger partial charge < -0.3 is 10.1 Å².